The van der Waals surface area contributed by atoms with Gasteiger partial charge >= 0.3 is 0 Å². The molecule has 78 valence electrons. The third kappa shape index (κ3) is 2.35. The van der Waals surface area contributed by atoms with Crippen LogP contribution in [0.2, 0.25) is 0 Å². The highest BCUT2D eigenvalue weighted by Crippen LogP contribution is 2.33. The third-order valence-corrected chi connectivity index (χ3v) is 4.87. The SMILES string of the molecule is CSC1=NC(=O)/C(=C\c2sccc2C)S1. The van der Waals surface area contributed by atoms with Gasteiger partial charge in [0, 0.05) is 4.88 Å². The summed E-state index contributed by atoms with van der Waals surface area (Å²) in [6, 6.07) is 2.05. The van der Waals surface area contributed by atoms with Crippen molar-refractivity contribution in [2.75, 3.05) is 6.26 Å². The average Bonchev–Trinajstić information content (AvgIpc) is 2.76. The highest BCUT2D eigenvalue weighted by atomic mass is 32.2. The van der Waals surface area contributed by atoms with Crippen LogP contribution in [0.1, 0.15) is 10.4 Å². The lowest BCUT2D eigenvalue weighted by atomic mass is 10.3. The Labute approximate surface area is 101 Å². The Morgan fingerprint density at radius 2 is 2.33 bits per heavy atom. The molecule has 2 rings (SSSR count). The van der Waals surface area contributed by atoms with E-state index in [4.69, 9.17) is 0 Å². The molecule has 1 amide bonds. The van der Waals surface area contributed by atoms with Gasteiger partial charge in [-0.05, 0) is 36.3 Å². The molecule has 1 aromatic rings. The third-order valence-electron chi connectivity index (χ3n) is 1.94. The van der Waals surface area contributed by atoms with Crippen molar-refractivity contribution < 1.29 is 4.79 Å². The van der Waals surface area contributed by atoms with E-state index in [1.54, 1.807) is 11.3 Å². The van der Waals surface area contributed by atoms with E-state index in [9.17, 15) is 4.79 Å². The second-order valence-electron chi connectivity index (χ2n) is 2.97. The van der Waals surface area contributed by atoms with Crippen LogP contribution >= 0.6 is 34.9 Å². The zero-order valence-electron chi connectivity index (χ0n) is 8.31. The van der Waals surface area contributed by atoms with Crippen LogP contribution in [0, 0.1) is 6.92 Å². The van der Waals surface area contributed by atoms with E-state index in [2.05, 4.69) is 11.1 Å². The lowest BCUT2D eigenvalue weighted by molar-refractivity contribution is -0.113. The fraction of sp³-hybridized carbons (Fsp3) is 0.200. The minimum atomic E-state index is -0.114. The molecule has 0 atom stereocenters. The first kappa shape index (κ1) is 11.0. The number of aryl methyl sites for hydroxylation is 1. The molecule has 0 spiro atoms. The summed E-state index contributed by atoms with van der Waals surface area (Å²) in [5.74, 6) is -0.114. The number of aliphatic imine (C=N–C) groups is 1. The number of hydrogen-bond donors (Lipinski definition) is 0. The maximum Gasteiger partial charge on any atom is 0.285 e. The first-order valence-corrected chi connectivity index (χ1v) is 7.23. The van der Waals surface area contributed by atoms with Crippen LogP contribution in [0.4, 0.5) is 0 Å². The topological polar surface area (TPSA) is 29.4 Å². The van der Waals surface area contributed by atoms with Gasteiger partial charge in [-0.1, -0.05) is 11.8 Å². The molecule has 0 aliphatic carbocycles. The van der Waals surface area contributed by atoms with Crippen molar-refractivity contribution in [1.82, 2.24) is 0 Å². The van der Waals surface area contributed by atoms with Crippen LogP contribution in [-0.2, 0) is 4.79 Å². The maximum atomic E-state index is 11.5. The van der Waals surface area contributed by atoms with Gasteiger partial charge in [-0.3, -0.25) is 4.79 Å². The summed E-state index contributed by atoms with van der Waals surface area (Å²) in [7, 11) is 0. The number of carbonyl (C=O) groups excluding carboxylic acids is 1. The highest BCUT2D eigenvalue weighted by molar-refractivity contribution is 8.40. The molecule has 0 unspecified atom stereocenters. The number of carbonyl (C=O) groups is 1. The number of nitrogens with zero attached hydrogens (tertiary/aromatic N) is 1. The Balaban J connectivity index is 2.25. The number of thioether (sulfide) groups is 2. The summed E-state index contributed by atoms with van der Waals surface area (Å²) < 4.78 is 0.834. The van der Waals surface area contributed by atoms with Crippen molar-refractivity contribution >= 4 is 51.2 Å². The van der Waals surface area contributed by atoms with Crippen molar-refractivity contribution in [3.05, 3.63) is 26.8 Å². The van der Waals surface area contributed by atoms with Crippen LogP contribution in [0.5, 0.6) is 0 Å². The molecule has 2 heterocycles. The number of amides is 1. The van der Waals surface area contributed by atoms with E-state index in [-0.39, 0.29) is 5.91 Å². The molecular formula is C10H9NOS3. The Morgan fingerprint density at radius 1 is 1.53 bits per heavy atom. The van der Waals surface area contributed by atoms with Crippen molar-refractivity contribution in [2.24, 2.45) is 4.99 Å². The molecule has 0 N–H and O–H groups in total. The molecule has 0 radical (unpaired) electrons. The van der Waals surface area contributed by atoms with Gasteiger partial charge in [-0.25, -0.2) is 0 Å². The molecule has 1 aromatic heterocycles. The Bertz CT molecular complexity index is 459. The summed E-state index contributed by atoms with van der Waals surface area (Å²) in [6.45, 7) is 2.04. The number of thiophene rings is 1. The van der Waals surface area contributed by atoms with E-state index in [1.165, 1.54) is 29.1 Å². The van der Waals surface area contributed by atoms with Gasteiger partial charge < -0.3 is 0 Å². The zero-order valence-corrected chi connectivity index (χ0v) is 10.8. The first-order chi connectivity index (χ1) is 7.20. The summed E-state index contributed by atoms with van der Waals surface area (Å²) in [5.41, 5.74) is 1.21. The first-order valence-electron chi connectivity index (χ1n) is 4.31. The standard InChI is InChI=1S/C10H9NOS3/c1-6-3-4-14-7(6)5-8-9(12)11-10(13-2)15-8/h3-5H,1-2H3/b8-5+. The van der Waals surface area contributed by atoms with Gasteiger partial charge in [-0.2, -0.15) is 4.99 Å². The minimum Gasteiger partial charge on any atom is -0.266 e. The molecule has 15 heavy (non-hydrogen) atoms. The van der Waals surface area contributed by atoms with Crippen molar-refractivity contribution in [3.63, 3.8) is 0 Å². The lowest BCUT2D eigenvalue weighted by Gasteiger charge is -1.93. The van der Waals surface area contributed by atoms with Crippen molar-refractivity contribution in [3.8, 4) is 0 Å². The predicted molar refractivity (Wildman–Crippen MR) is 70.6 cm³/mol. The summed E-state index contributed by atoms with van der Waals surface area (Å²) in [6.07, 6.45) is 3.86. The number of hydrogen-bond acceptors (Lipinski definition) is 4. The summed E-state index contributed by atoms with van der Waals surface area (Å²) in [5, 5.41) is 2.03. The molecule has 1 aliphatic rings. The van der Waals surface area contributed by atoms with Crippen LogP contribution < -0.4 is 0 Å². The molecule has 1 aliphatic heterocycles. The normalized spacial score (nSPS) is 18.7. The molecule has 0 aromatic carbocycles. The molecule has 5 heteroatoms. The fourth-order valence-corrected chi connectivity index (χ4v) is 3.46. The molecule has 0 saturated carbocycles. The average molecular weight is 255 g/mol. The second-order valence-corrected chi connectivity index (χ2v) is 6.00. The van der Waals surface area contributed by atoms with E-state index in [1.807, 2.05) is 24.6 Å². The maximum absolute atomic E-state index is 11.5. The predicted octanol–water partition coefficient (Wildman–Crippen LogP) is 3.39. The molecule has 2 nitrogen and oxygen atoms in total. The summed E-state index contributed by atoms with van der Waals surface area (Å²) in [4.78, 5) is 17.3. The minimum absolute atomic E-state index is 0.114. The molecular weight excluding hydrogens is 246 g/mol. The van der Waals surface area contributed by atoms with Crippen LogP contribution in [0.3, 0.4) is 0 Å². The Hall–Kier alpha value is -0.520. The van der Waals surface area contributed by atoms with Gasteiger partial charge in [0.05, 0.1) is 4.91 Å². The summed E-state index contributed by atoms with van der Waals surface area (Å²) >= 11 is 4.62. The van der Waals surface area contributed by atoms with Crippen LogP contribution in [-0.4, -0.2) is 16.5 Å². The Kier molecular flexibility index (Phi) is 3.33. The monoisotopic (exact) mass is 255 g/mol. The quantitative estimate of drug-likeness (QED) is 0.720. The van der Waals surface area contributed by atoms with Crippen molar-refractivity contribution in [2.45, 2.75) is 6.92 Å². The molecule has 0 saturated heterocycles. The molecule has 0 bridgehead atoms. The van der Waals surface area contributed by atoms with Crippen molar-refractivity contribution in [1.29, 1.82) is 0 Å². The van der Waals surface area contributed by atoms with Gasteiger partial charge in [0.2, 0.25) is 0 Å². The molecule has 0 fully saturated rings. The van der Waals surface area contributed by atoms with Crippen LogP contribution in [0.15, 0.2) is 21.3 Å². The van der Waals surface area contributed by atoms with E-state index >= 15 is 0 Å². The number of rotatable bonds is 1. The largest absolute Gasteiger partial charge is 0.285 e. The Morgan fingerprint density at radius 3 is 2.87 bits per heavy atom. The van der Waals surface area contributed by atoms with E-state index in [0.717, 1.165) is 14.2 Å². The van der Waals surface area contributed by atoms with Gasteiger partial charge in [0.15, 0.2) is 0 Å². The fourth-order valence-electron chi connectivity index (χ4n) is 1.13. The smallest absolute Gasteiger partial charge is 0.266 e. The zero-order chi connectivity index (χ0) is 10.8. The van der Waals surface area contributed by atoms with Gasteiger partial charge in [-0.15, -0.1) is 23.1 Å². The van der Waals surface area contributed by atoms with E-state index in [0.29, 0.717) is 0 Å². The van der Waals surface area contributed by atoms with Gasteiger partial charge in [0.1, 0.15) is 4.38 Å². The van der Waals surface area contributed by atoms with Crippen LogP contribution in [0.25, 0.3) is 6.08 Å². The van der Waals surface area contributed by atoms with E-state index < -0.39 is 0 Å². The lowest BCUT2D eigenvalue weighted by Crippen LogP contribution is -1.87. The van der Waals surface area contributed by atoms with Gasteiger partial charge in [0.25, 0.3) is 5.91 Å². The second kappa shape index (κ2) is 4.55. The highest BCUT2D eigenvalue weighted by Gasteiger charge is 2.21.